The van der Waals surface area contributed by atoms with E-state index in [1.807, 2.05) is 11.8 Å². The van der Waals surface area contributed by atoms with Gasteiger partial charge in [0.05, 0.1) is 4.90 Å². The highest BCUT2D eigenvalue weighted by atomic mass is 32.2. The van der Waals surface area contributed by atoms with Crippen LogP contribution < -0.4 is 10.5 Å². The summed E-state index contributed by atoms with van der Waals surface area (Å²) < 4.78 is 28.6. The maximum Gasteiger partial charge on any atom is 0.242 e. The van der Waals surface area contributed by atoms with E-state index < -0.39 is 10.0 Å². The molecule has 1 saturated heterocycles. The average Bonchev–Trinajstić information content (AvgIpc) is 2.95. The van der Waals surface area contributed by atoms with Gasteiger partial charge in [-0.25, -0.2) is 13.1 Å². The van der Waals surface area contributed by atoms with Crippen molar-refractivity contribution in [1.29, 1.82) is 0 Å². The standard InChI is InChI=1S/C11H19N3O2S2/c1-14-7-11(4-10(14)5-12)18(15,16)13-6-9-2-3-17-8-9/h4,7,9,13H,2-3,5-6,8,12H2,1H3. The van der Waals surface area contributed by atoms with Crippen molar-refractivity contribution in [3.63, 3.8) is 0 Å². The Hall–Kier alpha value is -0.500. The fraction of sp³-hybridized carbons (Fsp3) is 0.636. The summed E-state index contributed by atoms with van der Waals surface area (Å²) in [6.07, 6.45) is 2.70. The molecular weight excluding hydrogens is 270 g/mol. The average molecular weight is 289 g/mol. The molecule has 18 heavy (non-hydrogen) atoms. The Kier molecular flexibility index (Phi) is 4.37. The molecule has 0 saturated carbocycles. The number of hydrogen-bond donors (Lipinski definition) is 2. The van der Waals surface area contributed by atoms with Gasteiger partial charge in [0.2, 0.25) is 10.0 Å². The molecule has 0 spiro atoms. The van der Waals surface area contributed by atoms with Gasteiger partial charge in [0.25, 0.3) is 0 Å². The van der Waals surface area contributed by atoms with E-state index in [2.05, 4.69) is 4.72 Å². The number of aromatic nitrogens is 1. The highest BCUT2D eigenvalue weighted by Crippen LogP contribution is 2.23. The van der Waals surface area contributed by atoms with E-state index in [0.29, 0.717) is 23.9 Å². The lowest BCUT2D eigenvalue weighted by Crippen LogP contribution is -2.29. The molecule has 1 aromatic heterocycles. The third kappa shape index (κ3) is 3.09. The largest absolute Gasteiger partial charge is 0.352 e. The Balaban J connectivity index is 2.04. The van der Waals surface area contributed by atoms with Gasteiger partial charge in [-0.15, -0.1) is 0 Å². The number of aryl methyl sites for hydroxylation is 1. The van der Waals surface area contributed by atoms with Gasteiger partial charge in [-0.1, -0.05) is 0 Å². The highest BCUT2D eigenvalue weighted by molar-refractivity contribution is 7.99. The molecule has 1 aromatic rings. The van der Waals surface area contributed by atoms with Crippen LogP contribution in [0.25, 0.3) is 0 Å². The zero-order valence-corrected chi connectivity index (χ0v) is 12.1. The molecule has 1 atom stereocenters. The van der Waals surface area contributed by atoms with Crippen LogP contribution in [0.3, 0.4) is 0 Å². The number of nitrogens with one attached hydrogen (secondary N) is 1. The van der Waals surface area contributed by atoms with Gasteiger partial charge >= 0.3 is 0 Å². The summed E-state index contributed by atoms with van der Waals surface area (Å²) in [6, 6.07) is 1.63. The number of nitrogens with two attached hydrogens (primary N) is 1. The van der Waals surface area contributed by atoms with Crippen molar-refractivity contribution in [3.8, 4) is 0 Å². The van der Waals surface area contributed by atoms with Crippen molar-refractivity contribution in [2.75, 3.05) is 18.1 Å². The van der Waals surface area contributed by atoms with E-state index in [9.17, 15) is 8.42 Å². The monoisotopic (exact) mass is 289 g/mol. The number of hydrogen-bond acceptors (Lipinski definition) is 4. The van der Waals surface area contributed by atoms with E-state index in [1.54, 1.807) is 23.9 Å². The minimum atomic E-state index is -3.40. The van der Waals surface area contributed by atoms with Crippen LogP contribution in [0.5, 0.6) is 0 Å². The van der Waals surface area contributed by atoms with Gasteiger partial charge in [-0.05, 0) is 29.9 Å². The normalized spacial score (nSPS) is 20.4. The molecule has 7 heteroatoms. The second-order valence-electron chi connectivity index (χ2n) is 4.56. The first-order valence-electron chi connectivity index (χ1n) is 5.95. The van der Waals surface area contributed by atoms with Crippen molar-refractivity contribution < 1.29 is 8.42 Å². The van der Waals surface area contributed by atoms with E-state index in [1.165, 1.54) is 0 Å². The first kappa shape index (κ1) is 13.9. The molecule has 5 nitrogen and oxygen atoms in total. The predicted molar refractivity (Wildman–Crippen MR) is 73.9 cm³/mol. The second-order valence-corrected chi connectivity index (χ2v) is 7.48. The van der Waals surface area contributed by atoms with Crippen LogP contribution in [0, 0.1) is 5.92 Å². The fourth-order valence-electron chi connectivity index (χ4n) is 1.98. The smallest absolute Gasteiger partial charge is 0.242 e. The number of rotatable bonds is 5. The van der Waals surface area contributed by atoms with Gasteiger partial charge in [-0.3, -0.25) is 0 Å². The van der Waals surface area contributed by atoms with Crippen molar-refractivity contribution >= 4 is 21.8 Å². The Bertz CT molecular complexity index is 504. The summed E-state index contributed by atoms with van der Waals surface area (Å²) in [7, 11) is -1.59. The second kappa shape index (κ2) is 5.64. The molecule has 0 radical (unpaired) electrons. The van der Waals surface area contributed by atoms with Crippen molar-refractivity contribution in [1.82, 2.24) is 9.29 Å². The molecule has 2 heterocycles. The molecule has 0 amide bonds. The minimum absolute atomic E-state index is 0.302. The Morgan fingerprint density at radius 1 is 1.61 bits per heavy atom. The van der Waals surface area contributed by atoms with E-state index in [0.717, 1.165) is 23.6 Å². The third-order valence-corrected chi connectivity index (χ3v) is 5.81. The molecule has 1 aliphatic heterocycles. The molecule has 0 aromatic carbocycles. The quantitative estimate of drug-likeness (QED) is 0.828. The van der Waals surface area contributed by atoms with Crippen LogP contribution in [-0.4, -0.2) is 31.0 Å². The molecule has 1 aliphatic rings. The Morgan fingerprint density at radius 3 is 2.94 bits per heavy atom. The molecule has 1 unspecified atom stereocenters. The summed E-state index contributed by atoms with van der Waals surface area (Å²) in [5.41, 5.74) is 6.35. The van der Waals surface area contributed by atoms with Crippen LogP contribution in [0.15, 0.2) is 17.2 Å². The van der Waals surface area contributed by atoms with Crippen LogP contribution in [0.1, 0.15) is 12.1 Å². The van der Waals surface area contributed by atoms with Gasteiger partial charge in [0.15, 0.2) is 0 Å². The summed E-state index contributed by atoms with van der Waals surface area (Å²) in [4.78, 5) is 0.302. The molecule has 0 aliphatic carbocycles. The van der Waals surface area contributed by atoms with Crippen LogP contribution in [-0.2, 0) is 23.6 Å². The summed E-state index contributed by atoms with van der Waals surface area (Å²) >= 11 is 1.88. The summed E-state index contributed by atoms with van der Waals surface area (Å²) in [6.45, 7) is 0.869. The fourth-order valence-corrected chi connectivity index (χ4v) is 4.48. The predicted octanol–water partition coefficient (Wildman–Crippen LogP) is 0.515. The summed E-state index contributed by atoms with van der Waals surface area (Å²) in [5.74, 6) is 2.64. The minimum Gasteiger partial charge on any atom is -0.352 e. The lowest BCUT2D eigenvalue weighted by atomic mass is 10.1. The zero-order valence-electron chi connectivity index (χ0n) is 10.4. The van der Waals surface area contributed by atoms with Crippen molar-refractivity contribution in [2.24, 2.45) is 18.7 Å². The van der Waals surface area contributed by atoms with E-state index in [-0.39, 0.29) is 0 Å². The first-order valence-corrected chi connectivity index (χ1v) is 8.59. The Morgan fingerprint density at radius 2 is 2.39 bits per heavy atom. The van der Waals surface area contributed by atoms with Gasteiger partial charge in [0.1, 0.15) is 0 Å². The van der Waals surface area contributed by atoms with E-state index in [4.69, 9.17) is 5.73 Å². The molecule has 3 N–H and O–H groups in total. The number of sulfonamides is 1. The first-order chi connectivity index (χ1) is 8.53. The molecule has 2 rings (SSSR count). The van der Waals surface area contributed by atoms with Gasteiger partial charge < -0.3 is 10.3 Å². The topological polar surface area (TPSA) is 77.1 Å². The van der Waals surface area contributed by atoms with E-state index >= 15 is 0 Å². The SMILES string of the molecule is Cn1cc(S(=O)(=O)NCC2CCSC2)cc1CN. The number of nitrogens with zero attached hydrogens (tertiary/aromatic N) is 1. The highest BCUT2D eigenvalue weighted by Gasteiger charge is 2.21. The molecule has 1 fully saturated rings. The number of thioether (sulfide) groups is 1. The van der Waals surface area contributed by atoms with Crippen LogP contribution in [0.4, 0.5) is 0 Å². The van der Waals surface area contributed by atoms with Crippen LogP contribution >= 0.6 is 11.8 Å². The third-order valence-electron chi connectivity index (χ3n) is 3.19. The maximum atomic E-state index is 12.1. The van der Waals surface area contributed by atoms with Crippen LogP contribution in [0.2, 0.25) is 0 Å². The van der Waals surface area contributed by atoms with Gasteiger partial charge in [0, 0.05) is 32.0 Å². The molecular formula is C11H19N3O2S2. The van der Waals surface area contributed by atoms with Crippen molar-refractivity contribution in [2.45, 2.75) is 17.9 Å². The Labute approximate surface area is 112 Å². The zero-order chi connectivity index (χ0) is 13.2. The molecule has 102 valence electrons. The lowest BCUT2D eigenvalue weighted by Gasteiger charge is -2.09. The van der Waals surface area contributed by atoms with Crippen molar-refractivity contribution in [3.05, 3.63) is 18.0 Å². The lowest BCUT2D eigenvalue weighted by molar-refractivity contribution is 0.545. The maximum absolute atomic E-state index is 12.1. The summed E-state index contributed by atoms with van der Waals surface area (Å²) in [5, 5.41) is 0. The van der Waals surface area contributed by atoms with Gasteiger partial charge in [-0.2, -0.15) is 11.8 Å². The molecule has 0 bridgehead atoms.